The third-order valence-electron chi connectivity index (χ3n) is 13.1. The van der Waals surface area contributed by atoms with Gasteiger partial charge in [0.15, 0.2) is 0 Å². The molecule has 0 saturated carbocycles. The lowest BCUT2D eigenvalue weighted by Crippen LogP contribution is -2.41. The Morgan fingerprint density at radius 3 is 0.800 bits per heavy atom. The fraction of sp³-hybridized carbons (Fsp3) is 0.231. The molecule has 60 heavy (non-hydrogen) atoms. The van der Waals surface area contributed by atoms with E-state index in [2.05, 4.69) is 233 Å². The van der Waals surface area contributed by atoms with Gasteiger partial charge in [-0.05, 0) is 168 Å². The van der Waals surface area contributed by atoms with E-state index in [0.29, 0.717) is 0 Å². The minimum Gasteiger partial charge on any atom is -0.399 e. The molecular weight excluding hydrogens is 870 g/mol. The molecule has 4 nitrogen and oxygen atoms in total. The zero-order valence-corrected chi connectivity index (χ0v) is 38.6. The first-order chi connectivity index (χ1) is 28.5. The third-order valence-corrected chi connectivity index (χ3v) is 14.4. The Kier molecular flexibility index (Phi) is 10.5. The molecular formula is C52H48B2Br2O4. The van der Waals surface area contributed by atoms with E-state index >= 15 is 0 Å². The summed E-state index contributed by atoms with van der Waals surface area (Å²) in [4.78, 5) is 0. The van der Waals surface area contributed by atoms with Crippen LogP contribution in [0.5, 0.6) is 0 Å². The van der Waals surface area contributed by atoms with Gasteiger partial charge in [0.2, 0.25) is 0 Å². The van der Waals surface area contributed by atoms with Crippen molar-refractivity contribution >= 4 is 100 Å². The van der Waals surface area contributed by atoms with Crippen LogP contribution in [0.15, 0.2) is 155 Å². The summed E-state index contributed by atoms with van der Waals surface area (Å²) in [5.74, 6) is 0. The normalized spacial score (nSPS) is 17.7. The molecule has 300 valence electrons. The molecule has 8 aromatic rings. The molecule has 0 radical (unpaired) electrons. The van der Waals surface area contributed by atoms with E-state index in [1.807, 2.05) is 0 Å². The molecule has 0 amide bonds. The standard InChI is InChI=1S/C32H36B2O4.C20H12Br2/c1-29(2)30(3,4)36-33(35-29)27-19-23-15-11-9-13-21(23)17-25(27)26-18-22-14-10-12-16-24(22)20-28(26)34-37-31(5,6)32(7,8)38-34;21-19-11-15-7-3-1-5-13(15)9-17(19)18-10-14-6-2-4-8-16(14)12-20(18)22/h9-20H,1-8H3;1-12H. The van der Waals surface area contributed by atoms with Crippen LogP contribution in [-0.4, -0.2) is 36.6 Å². The number of halogens is 2. The Bertz CT molecular complexity index is 2730. The number of hydrogen-bond donors (Lipinski definition) is 0. The molecule has 0 unspecified atom stereocenters. The van der Waals surface area contributed by atoms with Gasteiger partial charge >= 0.3 is 14.2 Å². The van der Waals surface area contributed by atoms with Crippen LogP contribution in [0, 0.1) is 0 Å². The molecule has 2 aliphatic heterocycles. The van der Waals surface area contributed by atoms with Crippen LogP contribution in [0.2, 0.25) is 0 Å². The highest BCUT2D eigenvalue weighted by atomic mass is 79.9. The van der Waals surface area contributed by atoms with Gasteiger partial charge in [-0.1, -0.05) is 141 Å². The first-order valence-corrected chi connectivity index (χ1v) is 22.2. The van der Waals surface area contributed by atoms with Crippen molar-refractivity contribution in [3.8, 4) is 22.3 Å². The van der Waals surface area contributed by atoms with Crippen molar-refractivity contribution in [1.29, 1.82) is 0 Å². The molecule has 0 bridgehead atoms. The summed E-state index contributed by atoms with van der Waals surface area (Å²) in [6.45, 7) is 16.8. The monoisotopic (exact) mass is 916 g/mol. The molecule has 10 rings (SSSR count). The highest BCUT2D eigenvalue weighted by Gasteiger charge is 2.54. The fourth-order valence-corrected chi connectivity index (χ4v) is 9.30. The average molecular weight is 918 g/mol. The van der Waals surface area contributed by atoms with Gasteiger partial charge in [0.25, 0.3) is 0 Å². The third kappa shape index (κ3) is 7.44. The maximum absolute atomic E-state index is 6.60. The van der Waals surface area contributed by atoms with Crippen molar-refractivity contribution in [1.82, 2.24) is 0 Å². The maximum Gasteiger partial charge on any atom is 0.495 e. The zero-order valence-electron chi connectivity index (χ0n) is 35.4. The molecule has 8 aromatic carbocycles. The lowest BCUT2D eigenvalue weighted by Gasteiger charge is -2.32. The maximum atomic E-state index is 6.60. The van der Waals surface area contributed by atoms with E-state index < -0.39 is 36.6 Å². The van der Waals surface area contributed by atoms with Gasteiger partial charge in [-0.15, -0.1) is 0 Å². The number of benzene rings is 8. The second kappa shape index (κ2) is 15.3. The number of rotatable bonds is 4. The molecule has 0 aliphatic carbocycles. The van der Waals surface area contributed by atoms with E-state index in [9.17, 15) is 0 Å². The lowest BCUT2D eigenvalue weighted by molar-refractivity contribution is 0.00578. The summed E-state index contributed by atoms with van der Waals surface area (Å²) < 4.78 is 28.6. The topological polar surface area (TPSA) is 36.9 Å². The largest absolute Gasteiger partial charge is 0.495 e. The predicted molar refractivity (Wildman–Crippen MR) is 261 cm³/mol. The van der Waals surface area contributed by atoms with Crippen LogP contribution >= 0.6 is 31.9 Å². The Labute approximate surface area is 371 Å². The Morgan fingerprint density at radius 2 is 0.533 bits per heavy atom. The van der Waals surface area contributed by atoms with Crippen LogP contribution in [0.3, 0.4) is 0 Å². The smallest absolute Gasteiger partial charge is 0.399 e. The van der Waals surface area contributed by atoms with Crippen molar-refractivity contribution in [3.05, 3.63) is 155 Å². The van der Waals surface area contributed by atoms with Gasteiger partial charge in [-0.2, -0.15) is 0 Å². The average Bonchev–Trinajstić information content (AvgIpc) is 3.58. The highest BCUT2D eigenvalue weighted by molar-refractivity contribution is 9.11. The summed E-state index contributed by atoms with van der Waals surface area (Å²) >= 11 is 7.46. The van der Waals surface area contributed by atoms with E-state index in [0.717, 1.165) is 52.5 Å². The lowest BCUT2D eigenvalue weighted by atomic mass is 9.68. The van der Waals surface area contributed by atoms with Crippen molar-refractivity contribution in [2.24, 2.45) is 0 Å². The van der Waals surface area contributed by atoms with Crippen LogP contribution in [0.4, 0.5) is 0 Å². The predicted octanol–water partition coefficient (Wildman–Crippen LogP) is 13.4. The van der Waals surface area contributed by atoms with Crippen molar-refractivity contribution < 1.29 is 18.6 Å². The van der Waals surface area contributed by atoms with Gasteiger partial charge in [-0.3, -0.25) is 0 Å². The summed E-state index contributed by atoms with van der Waals surface area (Å²) in [7, 11) is -1.01. The molecule has 2 saturated heterocycles. The van der Waals surface area contributed by atoms with Gasteiger partial charge in [0.05, 0.1) is 22.4 Å². The molecule has 2 aliphatic rings. The molecule has 2 heterocycles. The van der Waals surface area contributed by atoms with Gasteiger partial charge < -0.3 is 18.6 Å². The second-order valence-corrected chi connectivity index (χ2v) is 19.8. The van der Waals surface area contributed by atoms with Crippen LogP contribution in [0.25, 0.3) is 65.3 Å². The van der Waals surface area contributed by atoms with Crippen LogP contribution < -0.4 is 10.9 Å². The second-order valence-electron chi connectivity index (χ2n) is 18.1. The summed E-state index contributed by atoms with van der Waals surface area (Å²) in [6, 6.07) is 51.6. The summed E-state index contributed by atoms with van der Waals surface area (Å²) in [6.07, 6.45) is 0. The minimum atomic E-state index is -0.503. The molecule has 0 N–H and O–H groups in total. The number of hydrogen-bond acceptors (Lipinski definition) is 4. The van der Waals surface area contributed by atoms with Crippen LogP contribution in [0.1, 0.15) is 55.4 Å². The first-order valence-electron chi connectivity index (χ1n) is 20.6. The van der Waals surface area contributed by atoms with Crippen LogP contribution in [-0.2, 0) is 18.6 Å². The van der Waals surface area contributed by atoms with E-state index in [4.69, 9.17) is 18.6 Å². The molecule has 0 aromatic heterocycles. The van der Waals surface area contributed by atoms with Crippen molar-refractivity contribution in [3.63, 3.8) is 0 Å². The zero-order chi connectivity index (χ0) is 42.2. The van der Waals surface area contributed by atoms with E-state index in [-0.39, 0.29) is 0 Å². The van der Waals surface area contributed by atoms with Gasteiger partial charge in [0.1, 0.15) is 0 Å². The first kappa shape index (κ1) is 41.1. The minimum absolute atomic E-state index is 0.446. The van der Waals surface area contributed by atoms with Gasteiger partial charge in [0, 0.05) is 8.95 Å². The molecule has 0 spiro atoms. The Hall–Kier alpha value is -4.27. The SMILES string of the molecule is Brc1cc2ccccc2cc1-c1cc2ccccc2cc1Br.CC1(C)OB(c2cc3ccccc3cc2-c2cc3ccccc3cc2B2OC(C)(C)C(C)(C)O2)OC1(C)C. The Morgan fingerprint density at radius 1 is 0.317 bits per heavy atom. The highest BCUT2D eigenvalue weighted by Crippen LogP contribution is 2.41. The molecule has 8 heteroatoms. The summed E-state index contributed by atoms with van der Waals surface area (Å²) in [5, 5.41) is 9.62. The van der Waals surface area contributed by atoms with Crippen molar-refractivity contribution in [2.45, 2.75) is 77.8 Å². The van der Waals surface area contributed by atoms with E-state index in [1.165, 1.54) is 32.7 Å². The summed E-state index contributed by atoms with van der Waals surface area (Å²) in [5.41, 5.74) is 4.78. The molecule has 0 atom stereocenters. The quantitative estimate of drug-likeness (QED) is 0.165. The van der Waals surface area contributed by atoms with Crippen molar-refractivity contribution in [2.75, 3.05) is 0 Å². The Balaban J connectivity index is 0.000000178. The molecule has 2 fully saturated rings. The fourth-order valence-electron chi connectivity index (χ4n) is 8.15. The van der Waals surface area contributed by atoms with E-state index in [1.54, 1.807) is 0 Å². The van der Waals surface area contributed by atoms with Gasteiger partial charge in [-0.25, -0.2) is 0 Å². The number of fused-ring (bicyclic) bond motifs is 4.